The van der Waals surface area contributed by atoms with E-state index in [4.69, 9.17) is 28.2 Å². The Morgan fingerprint density at radius 2 is 1.89 bits per heavy atom. The van der Waals surface area contributed by atoms with E-state index in [1.165, 1.54) is 0 Å². The minimum Gasteiger partial charge on any atom is -0.338 e. The Balaban J connectivity index is 1.38. The molecule has 35 heavy (non-hydrogen) atoms. The van der Waals surface area contributed by atoms with Crippen LogP contribution in [0.5, 0.6) is 0 Å². The lowest BCUT2D eigenvalue weighted by Gasteiger charge is -2.40. The second-order valence-electron chi connectivity index (χ2n) is 8.51. The maximum absolute atomic E-state index is 13.2. The molecule has 1 aliphatic heterocycles. The summed E-state index contributed by atoms with van der Waals surface area (Å²) < 4.78 is 2.04. The summed E-state index contributed by atoms with van der Waals surface area (Å²) in [6.45, 7) is 3.84. The quantitative estimate of drug-likeness (QED) is 0.305. The number of nitrogens with zero attached hydrogens (tertiary/aromatic N) is 6. The van der Waals surface area contributed by atoms with Gasteiger partial charge in [-0.25, -0.2) is 9.38 Å². The molecule has 0 saturated carbocycles. The van der Waals surface area contributed by atoms with Gasteiger partial charge in [-0.2, -0.15) is 0 Å². The maximum Gasteiger partial charge on any atom is 0.254 e. The van der Waals surface area contributed by atoms with E-state index < -0.39 is 0 Å². The monoisotopic (exact) mass is 522 g/mol. The molecule has 1 saturated heterocycles. The molecule has 7 nitrogen and oxygen atoms in total. The molecule has 6 rings (SSSR count). The van der Waals surface area contributed by atoms with E-state index >= 15 is 0 Å². The molecule has 1 fully saturated rings. The van der Waals surface area contributed by atoms with E-state index in [2.05, 4.69) is 15.1 Å². The van der Waals surface area contributed by atoms with E-state index in [0.717, 1.165) is 33.2 Å². The fraction of sp³-hybridized carbons (Fsp3) is 0.200. The standard InChI is InChI=1S/C25H20Cl2N6OS/c1-15-14-31(10-11-32(15)24(34)16-8-9-18(26)19(27)13-16)25-28-20-6-3-2-5-17(20)22-29-30-23(33(22)25)21-7-4-12-35-21/h2-9,12-13,15H,10-11,14H2,1H3/t15-/m0/s1. The van der Waals surface area contributed by atoms with Crippen molar-refractivity contribution in [3.05, 3.63) is 75.6 Å². The van der Waals surface area contributed by atoms with Crippen LogP contribution in [-0.2, 0) is 0 Å². The summed E-state index contributed by atoms with van der Waals surface area (Å²) in [5, 5.41) is 12.9. The molecule has 0 unspecified atom stereocenters. The number of carbonyl (C=O) groups excluding carboxylic acids is 1. The number of fused-ring (bicyclic) bond motifs is 3. The van der Waals surface area contributed by atoms with Crippen LogP contribution in [0.25, 0.3) is 27.3 Å². The third kappa shape index (κ3) is 3.82. The average molecular weight is 523 g/mol. The highest BCUT2D eigenvalue weighted by Gasteiger charge is 2.31. The van der Waals surface area contributed by atoms with Crippen LogP contribution in [0.4, 0.5) is 5.95 Å². The maximum atomic E-state index is 13.2. The Morgan fingerprint density at radius 3 is 2.66 bits per heavy atom. The Morgan fingerprint density at radius 1 is 1.03 bits per heavy atom. The molecule has 0 N–H and O–H groups in total. The van der Waals surface area contributed by atoms with Crippen LogP contribution < -0.4 is 4.90 Å². The summed E-state index contributed by atoms with van der Waals surface area (Å²) in [5.74, 6) is 1.49. The van der Waals surface area contributed by atoms with E-state index in [0.29, 0.717) is 35.2 Å². The van der Waals surface area contributed by atoms with Gasteiger partial charge in [0.15, 0.2) is 11.5 Å². The first-order chi connectivity index (χ1) is 17.0. The highest BCUT2D eigenvalue weighted by molar-refractivity contribution is 7.13. The van der Waals surface area contributed by atoms with Crippen molar-refractivity contribution < 1.29 is 4.79 Å². The third-order valence-electron chi connectivity index (χ3n) is 6.31. The number of piperazine rings is 1. The molecule has 1 aliphatic rings. The number of halogens is 2. The fourth-order valence-corrected chi connectivity index (χ4v) is 5.58. The first-order valence-corrected chi connectivity index (χ1v) is 12.8. The number of thiophene rings is 1. The summed E-state index contributed by atoms with van der Waals surface area (Å²) >= 11 is 13.8. The minimum atomic E-state index is -0.0593. The van der Waals surface area contributed by atoms with E-state index in [1.54, 1.807) is 29.5 Å². The first-order valence-electron chi connectivity index (χ1n) is 11.2. The molecule has 1 amide bonds. The summed E-state index contributed by atoms with van der Waals surface area (Å²) in [4.78, 5) is 23.4. The van der Waals surface area contributed by atoms with Crippen LogP contribution in [0.3, 0.4) is 0 Å². The van der Waals surface area contributed by atoms with Crippen LogP contribution in [0.15, 0.2) is 60.0 Å². The Labute approximate surface area is 215 Å². The molecule has 4 heterocycles. The van der Waals surface area contributed by atoms with Crippen molar-refractivity contribution in [2.45, 2.75) is 13.0 Å². The summed E-state index contributed by atoms with van der Waals surface area (Å²) in [5.41, 5.74) is 2.17. The predicted octanol–water partition coefficient (Wildman–Crippen LogP) is 5.66. The van der Waals surface area contributed by atoms with Gasteiger partial charge in [-0.15, -0.1) is 21.5 Å². The zero-order valence-corrected chi connectivity index (χ0v) is 21.1. The molecule has 5 aromatic rings. The Bertz CT molecular complexity index is 1570. The van der Waals surface area contributed by atoms with Crippen LogP contribution in [0.2, 0.25) is 10.0 Å². The molecule has 1 atom stereocenters. The number of benzene rings is 2. The molecule has 0 radical (unpaired) electrons. The molecule has 2 aromatic carbocycles. The molecule has 176 valence electrons. The molecule has 0 spiro atoms. The lowest BCUT2D eigenvalue weighted by Crippen LogP contribution is -2.54. The van der Waals surface area contributed by atoms with Crippen molar-refractivity contribution in [3.63, 3.8) is 0 Å². The van der Waals surface area contributed by atoms with Crippen molar-refractivity contribution >= 4 is 62.9 Å². The lowest BCUT2D eigenvalue weighted by atomic mass is 10.1. The summed E-state index contributed by atoms with van der Waals surface area (Å²) in [7, 11) is 0. The Kier molecular flexibility index (Phi) is 5.59. The molecule has 10 heteroatoms. The number of rotatable bonds is 3. The highest BCUT2D eigenvalue weighted by Crippen LogP contribution is 2.31. The van der Waals surface area contributed by atoms with Gasteiger partial charge in [0.05, 0.1) is 20.4 Å². The van der Waals surface area contributed by atoms with Crippen LogP contribution in [0.1, 0.15) is 17.3 Å². The van der Waals surface area contributed by atoms with Crippen molar-refractivity contribution in [3.8, 4) is 10.7 Å². The van der Waals surface area contributed by atoms with Gasteiger partial charge in [0, 0.05) is 36.6 Å². The highest BCUT2D eigenvalue weighted by atomic mass is 35.5. The van der Waals surface area contributed by atoms with Gasteiger partial charge in [-0.3, -0.25) is 4.79 Å². The second kappa shape index (κ2) is 8.78. The van der Waals surface area contributed by atoms with Gasteiger partial charge in [0.25, 0.3) is 5.91 Å². The lowest BCUT2D eigenvalue weighted by molar-refractivity contribution is 0.0673. The summed E-state index contributed by atoms with van der Waals surface area (Å²) in [6.07, 6.45) is 0. The number of hydrogen-bond donors (Lipinski definition) is 0. The normalized spacial score (nSPS) is 16.4. The van der Waals surface area contributed by atoms with Crippen LogP contribution in [-0.4, -0.2) is 56.1 Å². The van der Waals surface area contributed by atoms with Gasteiger partial charge in [-0.1, -0.05) is 41.4 Å². The van der Waals surface area contributed by atoms with Crippen molar-refractivity contribution in [1.82, 2.24) is 24.5 Å². The Hall–Kier alpha value is -3.20. The molecule has 0 aliphatic carbocycles. The van der Waals surface area contributed by atoms with Crippen LogP contribution in [0, 0.1) is 0 Å². The fourth-order valence-electron chi connectivity index (χ4n) is 4.58. The smallest absolute Gasteiger partial charge is 0.254 e. The predicted molar refractivity (Wildman–Crippen MR) is 141 cm³/mol. The van der Waals surface area contributed by atoms with Crippen LogP contribution >= 0.6 is 34.5 Å². The SMILES string of the molecule is C[C@H]1CN(c2nc3ccccc3c3nnc(-c4cccs4)n23)CCN1C(=O)c1ccc(Cl)c(Cl)c1. The molecular weight excluding hydrogens is 503 g/mol. The molecule has 3 aromatic heterocycles. The van der Waals surface area contributed by atoms with Gasteiger partial charge in [0.1, 0.15) is 0 Å². The second-order valence-corrected chi connectivity index (χ2v) is 10.3. The number of carbonyl (C=O) groups is 1. The number of hydrogen-bond acceptors (Lipinski definition) is 6. The molecule has 0 bridgehead atoms. The number of aromatic nitrogens is 4. The largest absolute Gasteiger partial charge is 0.338 e. The van der Waals surface area contributed by atoms with Gasteiger partial charge in [-0.05, 0) is 48.7 Å². The van der Waals surface area contributed by atoms with Gasteiger partial charge < -0.3 is 9.80 Å². The topological polar surface area (TPSA) is 66.6 Å². The van der Waals surface area contributed by atoms with Gasteiger partial charge in [0.2, 0.25) is 5.95 Å². The van der Waals surface area contributed by atoms with Crippen molar-refractivity contribution in [1.29, 1.82) is 0 Å². The van der Waals surface area contributed by atoms with Gasteiger partial charge >= 0.3 is 0 Å². The van der Waals surface area contributed by atoms with Crippen molar-refractivity contribution in [2.75, 3.05) is 24.5 Å². The summed E-state index contributed by atoms with van der Waals surface area (Å²) in [6, 6.07) is 17.0. The third-order valence-corrected chi connectivity index (χ3v) is 7.91. The van der Waals surface area contributed by atoms with E-state index in [9.17, 15) is 4.79 Å². The zero-order valence-electron chi connectivity index (χ0n) is 18.7. The number of anilines is 1. The first kappa shape index (κ1) is 22.3. The minimum absolute atomic E-state index is 0.0457. The average Bonchev–Trinajstić information content (AvgIpc) is 3.55. The van der Waals surface area contributed by atoms with E-state index in [-0.39, 0.29) is 11.9 Å². The number of amides is 1. The van der Waals surface area contributed by atoms with E-state index in [1.807, 2.05) is 58.0 Å². The van der Waals surface area contributed by atoms with Crippen molar-refractivity contribution in [2.24, 2.45) is 0 Å². The zero-order chi connectivity index (χ0) is 24.1. The number of para-hydroxylation sites is 1. The molecular formula is C25H20Cl2N6OS.